The lowest BCUT2D eigenvalue weighted by molar-refractivity contribution is -0.384. The summed E-state index contributed by atoms with van der Waals surface area (Å²) in [6.07, 6.45) is 3.54. The van der Waals surface area contributed by atoms with Crippen molar-refractivity contribution < 1.29 is 9.72 Å². The normalized spacial score (nSPS) is 25.6. The van der Waals surface area contributed by atoms with E-state index in [9.17, 15) is 14.9 Å². The Hall–Kier alpha value is -1.95. The van der Waals surface area contributed by atoms with E-state index in [0.29, 0.717) is 23.6 Å². The predicted octanol–water partition coefficient (Wildman–Crippen LogP) is 3.34. The number of anilines is 1. The van der Waals surface area contributed by atoms with Crippen molar-refractivity contribution in [1.29, 1.82) is 0 Å². The zero-order valence-electron chi connectivity index (χ0n) is 13.9. The van der Waals surface area contributed by atoms with Crippen molar-refractivity contribution in [3.8, 4) is 0 Å². The molecule has 126 valence electrons. The molecule has 1 amide bonds. The third-order valence-electron chi connectivity index (χ3n) is 4.91. The minimum Gasteiger partial charge on any atom is -0.325 e. The van der Waals surface area contributed by atoms with Crippen LogP contribution in [-0.2, 0) is 4.79 Å². The number of carbonyl (C=O) groups is 1. The van der Waals surface area contributed by atoms with Gasteiger partial charge in [0, 0.05) is 23.9 Å². The molecule has 6 heteroatoms. The number of nitro groups is 1. The van der Waals surface area contributed by atoms with Crippen molar-refractivity contribution in [3.63, 3.8) is 0 Å². The summed E-state index contributed by atoms with van der Waals surface area (Å²) in [5.74, 6) is 1.11. The summed E-state index contributed by atoms with van der Waals surface area (Å²) in [7, 11) is 0. The molecule has 4 atom stereocenters. The largest absolute Gasteiger partial charge is 0.325 e. The van der Waals surface area contributed by atoms with E-state index < -0.39 is 4.92 Å². The molecule has 4 unspecified atom stereocenters. The van der Waals surface area contributed by atoms with Crippen molar-refractivity contribution in [1.82, 2.24) is 5.32 Å². The van der Waals surface area contributed by atoms with Crippen LogP contribution in [0.15, 0.2) is 24.3 Å². The lowest BCUT2D eigenvalue weighted by atomic mass is 9.78. The van der Waals surface area contributed by atoms with Crippen molar-refractivity contribution in [3.05, 3.63) is 34.4 Å². The Labute approximate surface area is 136 Å². The van der Waals surface area contributed by atoms with Crippen LogP contribution in [0.4, 0.5) is 11.4 Å². The molecule has 6 nitrogen and oxygen atoms in total. The topological polar surface area (TPSA) is 84.3 Å². The number of carbonyl (C=O) groups excluding carboxylic acids is 1. The van der Waals surface area contributed by atoms with Crippen LogP contribution in [-0.4, -0.2) is 22.9 Å². The average Bonchev–Trinajstić information content (AvgIpc) is 2.52. The monoisotopic (exact) mass is 319 g/mol. The van der Waals surface area contributed by atoms with Crippen LogP contribution < -0.4 is 10.6 Å². The maximum absolute atomic E-state index is 12.3. The fourth-order valence-electron chi connectivity index (χ4n) is 3.13. The lowest BCUT2D eigenvalue weighted by Crippen LogP contribution is -2.49. The molecule has 0 radical (unpaired) electrons. The molecule has 0 saturated heterocycles. The Bertz CT molecular complexity index is 559. The fourth-order valence-corrected chi connectivity index (χ4v) is 3.13. The Morgan fingerprint density at radius 1 is 1.26 bits per heavy atom. The van der Waals surface area contributed by atoms with E-state index in [-0.39, 0.29) is 17.6 Å². The quantitative estimate of drug-likeness (QED) is 0.644. The molecule has 23 heavy (non-hydrogen) atoms. The molecular weight excluding hydrogens is 294 g/mol. The number of nitrogens with zero attached hydrogens (tertiary/aromatic N) is 1. The summed E-state index contributed by atoms with van der Waals surface area (Å²) in [6.45, 7) is 6.36. The van der Waals surface area contributed by atoms with E-state index in [1.54, 1.807) is 12.1 Å². The van der Waals surface area contributed by atoms with Gasteiger partial charge in [-0.05, 0) is 37.3 Å². The Kier molecular flexibility index (Phi) is 5.71. The van der Waals surface area contributed by atoms with Gasteiger partial charge in [0.25, 0.3) is 5.69 Å². The number of amides is 1. The summed E-state index contributed by atoms with van der Waals surface area (Å²) in [5.41, 5.74) is 0.582. The summed E-state index contributed by atoms with van der Waals surface area (Å²) >= 11 is 0. The molecule has 0 aliphatic heterocycles. The third-order valence-corrected chi connectivity index (χ3v) is 4.91. The molecule has 1 fully saturated rings. The second kappa shape index (κ2) is 7.55. The SMILES string of the molecule is CC(NC1CCCC(C)C1C)C(=O)Nc1ccc([N+](=O)[O-])cc1. The summed E-state index contributed by atoms with van der Waals surface area (Å²) in [6, 6.07) is 5.93. The third kappa shape index (κ3) is 4.51. The summed E-state index contributed by atoms with van der Waals surface area (Å²) in [4.78, 5) is 22.5. The number of benzene rings is 1. The van der Waals surface area contributed by atoms with E-state index in [1.165, 1.54) is 25.0 Å². The van der Waals surface area contributed by atoms with E-state index in [0.717, 1.165) is 6.42 Å². The van der Waals surface area contributed by atoms with Crippen LogP contribution in [0.25, 0.3) is 0 Å². The van der Waals surface area contributed by atoms with Gasteiger partial charge in [0.05, 0.1) is 11.0 Å². The van der Waals surface area contributed by atoms with Gasteiger partial charge < -0.3 is 10.6 Å². The number of nitro benzene ring substituents is 1. The molecule has 1 saturated carbocycles. The van der Waals surface area contributed by atoms with Crippen LogP contribution in [0.1, 0.15) is 40.0 Å². The highest BCUT2D eigenvalue weighted by atomic mass is 16.6. The smallest absolute Gasteiger partial charge is 0.269 e. The molecule has 0 heterocycles. The van der Waals surface area contributed by atoms with Gasteiger partial charge in [0.1, 0.15) is 0 Å². The first-order valence-corrected chi connectivity index (χ1v) is 8.20. The van der Waals surface area contributed by atoms with Crippen LogP contribution in [0.5, 0.6) is 0 Å². The first-order valence-electron chi connectivity index (χ1n) is 8.20. The van der Waals surface area contributed by atoms with Gasteiger partial charge in [0.15, 0.2) is 0 Å². The molecule has 1 aliphatic carbocycles. The Morgan fingerprint density at radius 2 is 1.91 bits per heavy atom. The van der Waals surface area contributed by atoms with E-state index in [1.807, 2.05) is 6.92 Å². The first-order chi connectivity index (χ1) is 10.9. The van der Waals surface area contributed by atoms with Gasteiger partial charge in [0.2, 0.25) is 5.91 Å². The molecular formula is C17H25N3O3. The van der Waals surface area contributed by atoms with Gasteiger partial charge >= 0.3 is 0 Å². The maximum Gasteiger partial charge on any atom is 0.269 e. The molecule has 0 bridgehead atoms. The average molecular weight is 319 g/mol. The van der Waals surface area contributed by atoms with E-state index in [4.69, 9.17) is 0 Å². The number of hydrogen-bond acceptors (Lipinski definition) is 4. The van der Waals surface area contributed by atoms with Crippen LogP contribution in [0.3, 0.4) is 0 Å². The first kappa shape index (κ1) is 17.4. The fraction of sp³-hybridized carbons (Fsp3) is 0.588. The Morgan fingerprint density at radius 3 is 2.52 bits per heavy atom. The second-order valence-electron chi connectivity index (χ2n) is 6.56. The second-order valence-corrected chi connectivity index (χ2v) is 6.56. The van der Waals surface area contributed by atoms with Gasteiger partial charge in [-0.3, -0.25) is 14.9 Å². The van der Waals surface area contributed by atoms with Crippen molar-refractivity contribution in [2.24, 2.45) is 11.8 Å². The number of nitrogens with one attached hydrogen (secondary N) is 2. The van der Waals surface area contributed by atoms with E-state index >= 15 is 0 Å². The minimum atomic E-state index is -0.457. The molecule has 1 aliphatic rings. The van der Waals surface area contributed by atoms with Crippen LogP contribution in [0, 0.1) is 22.0 Å². The maximum atomic E-state index is 12.3. The van der Waals surface area contributed by atoms with Crippen molar-refractivity contribution in [2.75, 3.05) is 5.32 Å². The van der Waals surface area contributed by atoms with Gasteiger partial charge in [-0.25, -0.2) is 0 Å². The highest BCUT2D eigenvalue weighted by molar-refractivity contribution is 5.94. The Balaban J connectivity index is 1.90. The molecule has 2 rings (SSSR count). The van der Waals surface area contributed by atoms with Gasteiger partial charge in [-0.2, -0.15) is 0 Å². The van der Waals surface area contributed by atoms with Gasteiger partial charge in [-0.15, -0.1) is 0 Å². The van der Waals surface area contributed by atoms with Crippen molar-refractivity contribution >= 4 is 17.3 Å². The minimum absolute atomic E-state index is 0.0131. The van der Waals surface area contributed by atoms with Crippen molar-refractivity contribution in [2.45, 2.75) is 52.1 Å². The zero-order chi connectivity index (χ0) is 17.0. The van der Waals surface area contributed by atoms with Crippen LogP contribution in [0.2, 0.25) is 0 Å². The number of rotatable bonds is 5. The summed E-state index contributed by atoms with van der Waals surface area (Å²) in [5, 5.41) is 16.9. The van der Waals surface area contributed by atoms with E-state index in [2.05, 4.69) is 24.5 Å². The molecule has 1 aromatic carbocycles. The molecule has 2 N–H and O–H groups in total. The standard InChI is InChI=1S/C17H25N3O3/c1-11-5-4-6-16(12(11)2)18-13(3)17(21)19-14-7-9-15(10-8-14)20(22)23/h7-13,16,18H,4-6H2,1-3H3,(H,19,21). The van der Waals surface area contributed by atoms with Crippen LogP contribution >= 0.6 is 0 Å². The number of hydrogen-bond donors (Lipinski definition) is 2. The molecule has 0 aromatic heterocycles. The predicted molar refractivity (Wildman–Crippen MR) is 90.3 cm³/mol. The highest BCUT2D eigenvalue weighted by Crippen LogP contribution is 2.29. The van der Waals surface area contributed by atoms with Gasteiger partial charge in [-0.1, -0.05) is 26.7 Å². The highest BCUT2D eigenvalue weighted by Gasteiger charge is 2.29. The molecule has 0 spiro atoms. The number of non-ortho nitro benzene ring substituents is 1. The molecule has 1 aromatic rings. The zero-order valence-corrected chi connectivity index (χ0v) is 13.9. The lowest BCUT2D eigenvalue weighted by Gasteiger charge is -2.36. The summed E-state index contributed by atoms with van der Waals surface area (Å²) < 4.78 is 0.